The first kappa shape index (κ1) is 19.2. The molecule has 0 radical (unpaired) electrons. The maximum absolute atomic E-state index is 12.7. The summed E-state index contributed by atoms with van der Waals surface area (Å²) in [7, 11) is 0. The molecule has 2 aliphatic rings. The lowest BCUT2D eigenvalue weighted by molar-refractivity contribution is 0.0210. The van der Waals surface area contributed by atoms with E-state index in [1.165, 1.54) is 0 Å². The van der Waals surface area contributed by atoms with Gasteiger partial charge in [-0.2, -0.15) is 0 Å². The number of allylic oxidation sites excluding steroid dienone is 3. The molecule has 0 aromatic heterocycles. The molecule has 0 unspecified atom stereocenters. The van der Waals surface area contributed by atoms with Crippen molar-refractivity contribution in [3.8, 4) is 0 Å². The highest BCUT2D eigenvalue weighted by molar-refractivity contribution is 6.09. The largest absolute Gasteiger partial charge is 0.483 e. The summed E-state index contributed by atoms with van der Waals surface area (Å²) in [4.78, 5) is 12.7. The number of ether oxygens (including phenoxy) is 1. The van der Waals surface area contributed by atoms with Crippen molar-refractivity contribution in [3.63, 3.8) is 0 Å². The minimum atomic E-state index is -0.325. The van der Waals surface area contributed by atoms with Gasteiger partial charge in [-0.3, -0.25) is 4.79 Å². The van der Waals surface area contributed by atoms with E-state index in [2.05, 4.69) is 24.6 Å². The monoisotopic (exact) mass is 383 g/mol. The van der Waals surface area contributed by atoms with Gasteiger partial charge >= 0.3 is 0 Å². The number of piperidine rings is 1. The number of hydrogen-bond acceptors (Lipinski definition) is 3. The van der Waals surface area contributed by atoms with Gasteiger partial charge in [0.15, 0.2) is 5.78 Å². The number of carbonyl (C=O) groups is 1. The van der Waals surface area contributed by atoms with Crippen LogP contribution >= 0.6 is 0 Å². The summed E-state index contributed by atoms with van der Waals surface area (Å²) >= 11 is 0. The number of nitrogens with one attached hydrogen (secondary N) is 1. The minimum Gasteiger partial charge on any atom is -0.483 e. The zero-order chi connectivity index (χ0) is 20.3. The average Bonchev–Trinajstić information content (AvgIpc) is 2.76. The van der Waals surface area contributed by atoms with Crippen LogP contribution in [0.1, 0.15) is 34.3 Å². The van der Waals surface area contributed by atoms with E-state index in [9.17, 15) is 4.79 Å². The second-order valence-corrected chi connectivity index (χ2v) is 7.49. The molecule has 2 heterocycles. The number of hydrogen-bond donors (Lipinski definition) is 1. The third-order valence-electron chi connectivity index (χ3n) is 5.55. The van der Waals surface area contributed by atoms with Crippen molar-refractivity contribution in [2.45, 2.75) is 18.4 Å². The molecular weight excluding hydrogens is 358 g/mol. The van der Waals surface area contributed by atoms with E-state index in [1.54, 1.807) is 6.08 Å². The summed E-state index contributed by atoms with van der Waals surface area (Å²) in [6.45, 7) is 9.85. The van der Waals surface area contributed by atoms with E-state index >= 15 is 0 Å². The third-order valence-corrected chi connectivity index (χ3v) is 5.55. The lowest BCUT2D eigenvalue weighted by Gasteiger charge is -2.41. The van der Waals surface area contributed by atoms with Gasteiger partial charge in [0.25, 0.3) is 0 Å². The van der Waals surface area contributed by atoms with Gasteiger partial charge in [0, 0.05) is 29.5 Å². The molecule has 0 amide bonds. The van der Waals surface area contributed by atoms with E-state index in [4.69, 9.17) is 4.74 Å². The molecule has 3 nitrogen and oxygen atoms in total. The predicted molar refractivity (Wildman–Crippen MR) is 118 cm³/mol. The van der Waals surface area contributed by atoms with Crippen molar-refractivity contribution in [2.75, 3.05) is 13.1 Å². The van der Waals surface area contributed by atoms with Gasteiger partial charge in [-0.25, -0.2) is 0 Å². The molecule has 2 aliphatic heterocycles. The van der Waals surface area contributed by atoms with Gasteiger partial charge in [0.1, 0.15) is 11.4 Å². The first-order chi connectivity index (χ1) is 14.1. The van der Waals surface area contributed by atoms with Gasteiger partial charge in [-0.15, -0.1) is 0 Å². The maximum Gasteiger partial charge on any atom is 0.193 e. The number of carbonyl (C=O) groups excluding carboxylic acids is 1. The molecule has 1 saturated heterocycles. The standard InChI is InChI=1S/C26H25NO2/c1-3-7-23-19(2)29-26(14-16-27-17-15-26)18-24(23)20-10-12-22(13-11-20)25(28)21-8-5-4-6-9-21/h3-13,18,27H,1-2,14-17H2/b23-7+. The fourth-order valence-electron chi connectivity index (χ4n) is 4.01. The van der Waals surface area contributed by atoms with Gasteiger partial charge in [0.2, 0.25) is 0 Å². The molecule has 29 heavy (non-hydrogen) atoms. The molecule has 3 heteroatoms. The Labute approximate surface area is 172 Å². The smallest absolute Gasteiger partial charge is 0.193 e. The van der Waals surface area contributed by atoms with Crippen LogP contribution in [-0.4, -0.2) is 24.5 Å². The van der Waals surface area contributed by atoms with Crippen LogP contribution in [-0.2, 0) is 4.74 Å². The Bertz CT molecular complexity index is 991. The first-order valence-corrected chi connectivity index (χ1v) is 9.97. The quantitative estimate of drug-likeness (QED) is 0.748. The van der Waals surface area contributed by atoms with Crippen molar-refractivity contribution in [1.29, 1.82) is 0 Å². The van der Waals surface area contributed by atoms with Crippen LogP contribution in [0.25, 0.3) is 5.57 Å². The average molecular weight is 383 g/mol. The van der Waals surface area contributed by atoms with E-state index in [-0.39, 0.29) is 11.4 Å². The highest BCUT2D eigenvalue weighted by Crippen LogP contribution is 2.42. The Kier molecular flexibility index (Phi) is 5.32. The molecule has 2 aromatic carbocycles. The van der Waals surface area contributed by atoms with Crippen molar-refractivity contribution in [2.24, 2.45) is 0 Å². The predicted octanol–water partition coefficient (Wildman–Crippen LogP) is 5.08. The van der Waals surface area contributed by atoms with Crippen LogP contribution < -0.4 is 5.32 Å². The van der Waals surface area contributed by atoms with Crippen LogP contribution in [0.15, 0.2) is 97.3 Å². The van der Waals surface area contributed by atoms with Crippen molar-refractivity contribution in [3.05, 3.63) is 114 Å². The second-order valence-electron chi connectivity index (χ2n) is 7.49. The summed E-state index contributed by atoms with van der Waals surface area (Å²) < 4.78 is 6.27. The van der Waals surface area contributed by atoms with E-state index in [1.807, 2.05) is 60.7 Å². The normalized spacial score (nSPS) is 19.5. The Morgan fingerprint density at radius 2 is 1.66 bits per heavy atom. The molecule has 1 fully saturated rings. The molecule has 1 spiro atoms. The molecule has 146 valence electrons. The SMILES string of the molecule is C=C/C=C1\C(=C)OC2(C=C1c1ccc(C(=O)c3ccccc3)cc1)CCNCC2. The van der Waals surface area contributed by atoms with Crippen LogP contribution in [0.5, 0.6) is 0 Å². The van der Waals surface area contributed by atoms with E-state index < -0.39 is 0 Å². The van der Waals surface area contributed by atoms with Crippen LogP contribution in [0.3, 0.4) is 0 Å². The molecular formula is C26H25NO2. The minimum absolute atomic E-state index is 0.0270. The van der Waals surface area contributed by atoms with E-state index in [0.717, 1.165) is 42.6 Å². The van der Waals surface area contributed by atoms with Crippen molar-refractivity contribution >= 4 is 11.4 Å². The zero-order valence-electron chi connectivity index (χ0n) is 16.5. The fraction of sp³-hybridized carbons (Fsp3) is 0.192. The van der Waals surface area contributed by atoms with Gasteiger partial charge < -0.3 is 10.1 Å². The summed E-state index contributed by atoms with van der Waals surface area (Å²) in [6.07, 6.45) is 7.73. The Balaban J connectivity index is 1.70. The van der Waals surface area contributed by atoms with Crippen LogP contribution in [0, 0.1) is 0 Å². The third kappa shape index (κ3) is 3.87. The number of ketones is 1. The highest BCUT2D eigenvalue weighted by Gasteiger charge is 2.37. The molecule has 0 bridgehead atoms. The second kappa shape index (κ2) is 8.06. The first-order valence-electron chi connectivity index (χ1n) is 9.97. The maximum atomic E-state index is 12.7. The van der Waals surface area contributed by atoms with Crippen molar-refractivity contribution in [1.82, 2.24) is 5.32 Å². The topological polar surface area (TPSA) is 38.3 Å². The summed E-state index contributed by atoms with van der Waals surface area (Å²) in [5.41, 5.74) is 4.12. The van der Waals surface area contributed by atoms with Crippen LogP contribution in [0.4, 0.5) is 0 Å². The van der Waals surface area contributed by atoms with Crippen LogP contribution in [0.2, 0.25) is 0 Å². The summed E-state index contributed by atoms with van der Waals surface area (Å²) in [5, 5.41) is 3.39. The van der Waals surface area contributed by atoms with Gasteiger partial charge in [0.05, 0.1) is 0 Å². The summed E-state index contributed by atoms with van der Waals surface area (Å²) in [6, 6.07) is 17.2. The Hall–Kier alpha value is -3.17. The lowest BCUT2D eigenvalue weighted by atomic mass is 9.82. The van der Waals surface area contributed by atoms with Gasteiger partial charge in [-0.05, 0) is 30.3 Å². The lowest BCUT2D eigenvalue weighted by Crippen LogP contribution is -2.44. The van der Waals surface area contributed by atoms with Crippen molar-refractivity contribution < 1.29 is 9.53 Å². The zero-order valence-corrected chi connectivity index (χ0v) is 16.5. The molecule has 4 rings (SSSR count). The fourth-order valence-corrected chi connectivity index (χ4v) is 4.01. The number of rotatable bonds is 4. The molecule has 0 atom stereocenters. The van der Waals surface area contributed by atoms with Gasteiger partial charge in [-0.1, -0.05) is 79.9 Å². The molecule has 1 N–H and O–H groups in total. The Morgan fingerprint density at radius 3 is 2.31 bits per heavy atom. The van der Waals surface area contributed by atoms with E-state index in [0.29, 0.717) is 16.9 Å². The Morgan fingerprint density at radius 1 is 1.00 bits per heavy atom. The highest BCUT2D eigenvalue weighted by atomic mass is 16.5. The molecule has 0 aliphatic carbocycles. The molecule has 0 saturated carbocycles. The summed E-state index contributed by atoms with van der Waals surface area (Å²) in [5.74, 6) is 0.702. The number of benzene rings is 2. The molecule has 2 aromatic rings.